The van der Waals surface area contributed by atoms with E-state index in [0.29, 0.717) is 46.9 Å². The van der Waals surface area contributed by atoms with Gasteiger partial charge in [0.15, 0.2) is 0 Å². The Morgan fingerprint density at radius 3 is 1.14 bits per heavy atom. The Kier molecular flexibility index (Phi) is 35.2. The van der Waals surface area contributed by atoms with Crippen LogP contribution in [0.15, 0.2) is 73.3 Å². The third-order valence-corrected chi connectivity index (χ3v) is 20.2. The molecule has 4 aromatic carbocycles. The van der Waals surface area contributed by atoms with E-state index in [1.54, 1.807) is 60.1 Å². The number of hydrogen-bond donors (Lipinski definition) is 4. The Balaban J connectivity index is 0.000000218. The Morgan fingerprint density at radius 2 is 0.757 bits per heavy atom. The molecule has 12 rings (SSSR count). The summed E-state index contributed by atoms with van der Waals surface area (Å²) in [5.41, 5.74) is 17.6. The van der Waals surface area contributed by atoms with E-state index < -0.39 is 29.4 Å². The number of carbonyl (C=O) groups excluding carboxylic acids is 3. The summed E-state index contributed by atoms with van der Waals surface area (Å²) in [6, 6.07) is 25.7. The molecule has 1 aliphatic carbocycles. The van der Waals surface area contributed by atoms with Crippen LogP contribution < -0.4 is 30.7 Å². The fourth-order valence-corrected chi connectivity index (χ4v) is 13.6. The second-order valence-corrected chi connectivity index (χ2v) is 31.1. The number of carboxylic acid groups (broad SMARTS) is 1. The number of nitriles is 4. The number of fused-ring (bicyclic) bond motifs is 4. The number of carbonyl (C=O) groups is 4. The molecule has 4 aliphatic rings. The van der Waals surface area contributed by atoms with Gasteiger partial charge < -0.3 is 50.1 Å². The summed E-state index contributed by atoms with van der Waals surface area (Å²) in [5, 5.41) is 58.7. The van der Waals surface area contributed by atoms with Gasteiger partial charge in [-0.25, -0.2) is 9.59 Å². The van der Waals surface area contributed by atoms with Gasteiger partial charge in [-0.1, -0.05) is 69.4 Å². The second kappa shape index (κ2) is 43.5. The average molecular weight is 1550 g/mol. The zero-order valence-corrected chi connectivity index (χ0v) is 69.1. The first-order valence-electron chi connectivity index (χ1n) is 38.7. The molecule has 0 unspecified atom stereocenters. The van der Waals surface area contributed by atoms with Crippen molar-refractivity contribution in [2.75, 3.05) is 93.2 Å². The number of aryl methyl sites for hydroxylation is 8. The lowest BCUT2D eigenvalue weighted by atomic mass is 10.0. The zero-order chi connectivity index (χ0) is 80.2. The molecule has 7 heterocycles. The van der Waals surface area contributed by atoms with Gasteiger partial charge in [-0.15, -0.1) is 12.4 Å². The standard InChI is InChI=1S/C25H33N5O3.C18H21N3.C17H20N4.C12H9ClN2.C8H15NO4.C7H14.ClH/c1-17-13-20-21(14-18(17)2)28-16-19(15-26)23(20)30-10-6-9-29(11-12-30)22(31)7-8-27-24(32)33-25(3,4)5;1-13-9-16-17(10-14(13)2)20-12-15(11-19)18(16)21-7-5-3-4-6-8-21;1-12-8-15-16(9-13(12)2)20-11-14(10-18)17(15)21-6-3-4-19-5-7-21;1-7-3-10-11(4-8(7)2)15-6-9(5-14)12(10)13;1-8(2,3)13-7(12)9-5-4-6(10)11;1-2-4-6-7-5-3-1;/h13-14,16H,6-12H2,1-5H3,(H,27,32);9-10,12H,3-8H2,1-2H3;8-9,11,19H,3-7H2,1-2H3;3-4,6H,1-2H3;4-5H2,1-3H3,(H,9,12)(H,10,11);1-7H2;1H. The SMILES string of the molecule is C1CCCCCC1.CC(C)(C)OC(=O)NCCC(=O)O.Cc1cc2ncc(C#N)c(Cl)c2cc1C.Cc1cc2ncc(C#N)c(N3CCCCCC3)c2cc1C.Cc1cc2ncc(C#N)c(N3CCCN(C(=O)CCNC(=O)OC(C)(C)C)CC3)c2cc1C.Cc1cc2ncc(C#N)c(N3CCCNCC3)c2cc1C.Cl. The minimum absolute atomic E-state index is 0. The number of rotatable bonds is 9. The van der Waals surface area contributed by atoms with Crippen LogP contribution in [0.2, 0.25) is 5.02 Å². The lowest BCUT2D eigenvalue weighted by Crippen LogP contribution is -2.38. The van der Waals surface area contributed by atoms with Gasteiger partial charge in [0, 0.05) is 125 Å². The molecule has 592 valence electrons. The quantitative estimate of drug-likeness (QED) is 0.0976. The van der Waals surface area contributed by atoms with E-state index in [1.807, 2.05) is 36.9 Å². The van der Waals surface area contributed by atoms with Gasteiger partial charge in [0.25, 0.3) is 0 Å². The Morgan fingerprint density at radius 1 is 0.432 bits per heavy atom. The highest BCUT2D eigenvalue weighted by Crippen LogP contribution is 2.36. The molecule has 0 bridgehead atoms. The largest absolute Gasteiger partial charge is 0.481 e. The predicted molar refractivity (Wildman–Crippen MR) is 447 cm³/mol. The number of nitrogens with one attached hydrogen (secondary N) is 3. The summed E-state index contributed by atoms with van der Waals surface area (Å²) in [4.78, 5) is 71.9. The number of hydrogen-bond acceptors (Lipinski definition) is 18. The number of ether oxygens (including phenoxy) is 2. The monoisotopic (exact) mass is 1550 g/mol. The van der Waals surface area contributed by atoms with Gasteiger partial charge in [-0.2, -0.15) is 21.0 Å². The number of aliphatic carboxylic acids is 1. The van der Waals surface area contributed by atoms with Crippen molar-refractivity contribution in [1.82, 2.24) is 40.8 Å². The van der Waals surface area contributed by atoms with Crippen molar-refractivity contribution in [2.45, 2.75) is 204 Å². The third-order valence-electron chi connectivity index (χ3n) is 19.8. The van der Waals surface area contributed by atoms with Gasteiger partial charge in [0.1, 0.15) is 35.5 Å². The first-order chi connectivity index (χ1) is 52.4. The normalized spacial score (nSPS) is 14.4. The van der Waals surface area contributed by atoms with Crippen molar-refractivity contribution in [3.8, 4) is 24.3 Å². The molecular weight excluding hydrogens is 1440 g/mol. The summed E-state index contributed by atoms with van der Waals surface area (Å²) < 4.78 is 10.1. The van der Waals surface area contributed by atoms with Crippen LogP contribution in [-0.4, -0.2) is 144 Å². The fraction of sp³-hybridized carbons (Fsp3) is 0.494. The maximum absolute atomic E-state index is 12.7. The van der Waals surface area contributed by atoms with Crippen molar-refractivity contribution in [3.63, 3.8) is 0 Å². The summed E-state index contributed by atoms with van der Waals surface area (Å²) >= 11 is 6.10. The van der Waals surface area contributed by atoms with E-state index in [-0.39, 0.29) is 44.2 Å². The summed E-state index contributed by atoms with van der Waals surface area (Å²) in [6.07, 6.45) is 23.0. The lowest BCUT2D eigenvalue weighted by molar-refractivity contribution is -0.137. The molecule has 111 heavy (non-hydrogen) atoms. The van der Waals surface area contributed by atoms with Crippen LogP contribution in [0.1, 0.15) is 205 Å². The fourth-order valence-electron chi connectivity index (χ4n) is 13.4. The van der Waals surface area contributed by atoms with E-state index in [9.17, 15) is 35.0 Å². The van der Waals surface area contributed by atoms with Crippen molar-refractivity contribution >= 4 is 109 Å². The number of benzene rings is 4. The maximum Gasteiger partial charge on any atom is 0.407 e. The smallest absolute Gasteiger partial charge is 0.407 e. The minimum atomic E-state index is -0.948. The number of alkyl carbamates (subject to hydrolysis) is 2. The first kappa shape index (κ1) is 89.8. The van der Waals surface area contributed by atoms with Crippen molar-refractivity contribution in [2.24, 2.45) is 0 Å². The van der Waals surface area contributed by atoms with E-state index in [0.717, 1.165) is 130 Å². The van der Waals surface area contributed by atoms with E-state index in [1.165, 1.54) is 110 Å². The molecule has 3 amide bonds. The number of nitrogens with zero attached hydrogens (tertiary/aromatic N) is 12. The molecule has 4 aromatic heterocycles. The molecule has 8 aromatic rings. The molecule has 0 spiro atoms. The van der Waals surface area contributed by atoms with Gasteiger partial charge >= 0.3 is 18.2 Å². The van der Waals surface area contributed by atoms with Crippen molar-refractivity contribution in [1.29, 1.82) is 21.0 Å². The van der Waals surface area contributed by atoms with Crippen LogP contribution in [0.25, 0.3) is 43.6 Å². The third kappa shape index (κ3) is 27.1. The predicted octanol–water partition coefficient (Wildman–Crippen LogP) is 17.8. The van der Waals surface area contributed by atoms with Crippen molar-refractivity contribution in [3.05, 3.63) is 145 Å². The van der Waals surface area contributed by atoms with E-state index >= 15 is 0 Å². The van der Waals surface area contributed by atoms with Gasteiger partial charge in [-0.05, 0) is 222 Å². The number of halogens is 2. The molecule has 3 saturated heterocycles. The number of aromatic nitrogens is 4. The van der Waals surface area contributed by atoms with E-state index in [2.05, 4.69) is 147 Å². The van der Waals surface area contributed by atoms with Crippen LogP contribution in [0.3, 0.4) is 0 Å². The van der Waals surface area contributed by atoms with Crippen LogP contribution in [0.5, 0.6) is 0 Å². The molecule has 22 nitrogen and oxygen atoms in total. The molecular formula is C87H113Cl2N15O7. The van der Waals surface area contributed by atoms with E-state index in [4.69, 9.17) is 31.4 Å². The molecule has 24 heteroatoms. The molecule has 4 fully saturated rings. The highest BCUT2D eigenvalue weighted by Gasteiger charge is 2.26. The summed E-state index contributed by atoms with van der Waals surface area (Å²) in [7, 11) is 0. The Labute approximate surface area is 667 Å². The number of carboxylic acids is 1. The molecule has 1 saturated carbocycles. The molecule has 0 atom stereocenters. The maximum atomic E-state index is 12.7. The highest BCUT2D eigenvalue weighted by molar-refractivity contribution is 6.36. The van der Waals surface area contributed by atoms with Crippen LogP contribution in [0.4, 0.5) is 26.7 Å². The minimum Gasteiger partial charge on any atom is -0.481 e. The topological polar surface area (TPSA) is 303 Å². The highest BCUT2D eigenvalue weighted by atomic mass is 35.5. The van der Waals surface area contributed by atoms with Crippen LogP contribution in [0, 0.1) is 101 Å². The van der Waals surface area contributed by atoms with Crippen LogP contribution in [-0.2, 0) is 19.1 Å². The molecule has 0 radical (unpaired) electrons. The average Bonchev–Trinajstić information content (AvgIpc) is 1.41. The van der Waals surface area contributed by atoms with Gasteiger partial charge in [0.05, 0.1) is 72.8 Å². The first-order valence-corrected chi connectivity index (χ1v) is 39.1. The number of pyridine rings is 4. The second-order valence-electron chi connectivity index (χ2n) is 30.7. The summed E-state index contributed by atoms with van der Waals surface area (Å²) in [5.74, 6) is -0.949. The Hall–Kier alpha value is -10.1. The van der Waals surface area contributed by atoms with Crippen molar-refractivity contribution < 1.29 is 33.8 Å². The molecule has 4 N–H and O–H groups in total. The van der Waals surface area contributed by atoms with Crippen LogP contribution >= 0.6 is 24.0 Å². The Bertz CT molecular complexity index is 4560. The number of anilines is 3. The summed E-state index contributed by atoms with van der Waals surface area (Å²) in [6.45, 7) is 36.1. The lowest BCUT2D eigenvalue weighted by Gasteiger charge is -2.26. The van der Waals surface area contributed by atoms with Gasteiger partial charge in [-0.3, -0.25) is 29.5 Å². The molecule has 3 aliphatic heterocycles. The number of amides is 3. The zero-order valence-electron chi connectivity index (χ0n) is 67.6. The van der Waals surface area contributed by atoms with Gasteiger partial charge in [0.2, 0.25) is 5.91 Å².